The number of hydrogen-bond acceptors (Lipinski definition) is 4. The maximum Gasteiger partial charge on any atom is 0.264 e. The van der Waals surface area contributed by atoms with Crippen LogP contribution in [0, 0.1) is 6.92 Å². The zero-order valence-corrected chi connectivity index (χ0v) is 20.2. The number of nitrogens with one attached hydrogen (secondary N) is 1. The summed E-state index contributed by atoms with van der Waals surface area (Å²) in [6.45, 7) is 3.89. The molecular weight excluding hydrogens is 460 g/mol. The van der Waals surface area contributed by atoms with Crippen LogP contribution in [0.25, 0.3) is 0 Å². The molecular formula is C25H27ClN2O4S. The molecule has 0 radical (unpaired) electrons. The van der Waals surface area contributed by atoms with E-state index < -0.39 is 15.9 Å². The van der Waals surface area contributed by atoms with Crippen LogP contribution in [-0.2, 0) is 21.2 Å². The number of amides is 1. The van der Waals surface area contributed by atoms with Gasteiger partial charge in [0.05, 0.1) is 22.2 Å². The van der Waals surface area contributed by atoms with Gasteiger partial charge in [0.15, 0.2) is 0 Å². The normalized spacial score (nSPS) is 11.1. The first-order valence-corrected chi connectivity index (χ1v) is 12.5. The molecule has 3 aromatic rings. The van der Waals surface area contributed by atoms with Crippen molar-refractivity contribution < 1.29 is 17.9 Å². The van der Waals surface area contributed by atoms with E-state index in [1.54, 1.807) is 60.7 Å². The van der Waals surface area contributed by atoms with E-state index in [1.165, 1.54) is 4.31 Å². The Morgan fingerprint density at radius 1 is 1.00 bits per heavy atom. The highest BCUT2D eigenvalue weighted by Crippen LogP contribution is 2.27. The molecule has 174 valence electrons. The minimum Gasteiger partial charge on any atom is -0.490 e. The highest BCUT2D eigenvalue weighted by Gasteiger charge is 2.28. The SMILES string of the molecule is CCc1ccccc1N(CC(=O)NCCOc1ccccc1Cl)S(=O)(=O)c1ccc(C)cc1. The molecule has 33 heavy (non-hydrogen) atoms. The van der Waals surface area contributed by atoms with E-state index in [2.05, 4.69) is 5.32 Å². The van der Waals surface area contributed by atoms with Gasteiger partial charge in [0.1, 0.15) is 18.9 Å². The van der Waals surface area contributed by atoms with E-state index in [9.17, 15) is 13.2 Å². The van der Waals surface area contributed by atoms with Gasteiger partial charge in [-0.2, -0.15) is 0 Å². The van der Waals surface area contributed by atoms with E-state index >= 15 is 0 Å². The third-order valence-corrected chi connectivity index (χ3v) is 7.14. The maximum atomic E-state index is 13.5. The second kappa shape index (κ2) is 11.2. The Hall–Kier alpha value is -3.03. The largest absolute Gasteiger partial charge is 0.490 e. The number of carbonyl (C=O) groups excluding carboxylic acids is 1. The molecule has 0 aliphatic rings. The molecule has 0 saturated heterocycles. The van der Waals surface area contributed by atoms with Gasteiger partial charge in [-0.15, -0.1) is 0 Å². The monoisotopic (exact) mass is 486 g/mol. The first kappa shape index (κ1) is 24.6. The molecule has 1 N–H and O–H groups in total. The Labute approximate surface area is 200 Å². The molecule has 0 fully saturated rings. The average molecular weight is 487 g/mol. The summed E-state index contributed by atoms with van der Waals surface area (Å²) in [5, 5.41) is 3.21. The third kappa shape index (κ3) is 6.27. The molecule has 1 amide bonds. The number of ether oxygens (including phenoxy) is 1. The van der Waals surface area contributed by atoms with Crippen molar-refractivity contribution >= 4 is 33.2 Å². The van der Waals surface area contributed by atoms with Crippen LogP contribution in [0.15, 0.2) is 77.7 Å². The Balaban J connectivity index is 1.76. The Kier molecular flexibility index (Phi) is 8.36. The molecule has 0 bridgehead atoms. The summed E-state index contributed by atoms with van der Waals surface area (Å²) in [5.41, 5.74) is 2.27. The fourth-order valence-corrected chi connectivity index (χ4v) is 4.94. The molecule has 0 aliphatic heterocycles. The quantitative estimate of drug-likeness (QED) is 0.425. The third-order valence-electron chi connectivity index (χ3n) is 5.06. The van der Waals surface area contributed by atoms with Crippen LogP contribution >= 0.6 is 11.6 Å². The lowest BCUT2D eigenvalue weighted by Gasteiger charge is -2.26. The maximum absolute atomic E-state index is 13.5. The molecule has 0 aliphatic carbocycles. The first-order chi connectivity index (χ1) is 15.8. The van der Waals surface area contributed by atoms with E-state index in [1.807, 2.05) is 26.0 Å². The van der Waals surface area contributed by atoms with E-state index in [-0.39, 0.29) is 24.6 Å². The fraction of sp³-hybridized carbons (Fsp3) is 0.240. The molecule has 3 rings (SSSR count). The number of rotatable bonds is 10. The standard InChI is InChI=1S/C25H27ClN2O4S/c1-3-20-8-4-6-10-23(20)28(33(30,31)21-14-12-19(2)13-15-21)18-25(29)27-16-17-32-24-11-7-5-9-22(24)26/h4-15H,3,16-18H2,1-2H3,(H,27,29). The number of hydrogen-bond donors (Lipinski definition) is 1. The molecule has 0 aromatic heterocycles. The Bertz CT molecular complexity index is 1200. The summed E-state index contributed by atoms with van der Waals surface area (Å²) < 4.78 is 33.8. The van der Waals surface area contributed by atoms with Gasteiger partial charge in [-0.1, -0.05) is 66.6 Å². The van der Waals surface area contributed by atoms with Crippen molar-refractivity contribution in [3.05, 3.63) is 88.9 Å². The van der Waals surface area contributed by atoms with Gasteiger partial charge in [0.2, 0.25) is 5.91 Å². The molecule has 8 heteroatoms. The van der Waals surface area contributed by atoms with Crippen LogP contribution in [-0.4, -0.2) is 34.0 Å². The molecule has 0 atom stereocenters. The Morgan fingerprint density at radius 3 is 2.36 bits per heavy atom. The van der Waals surface area contributed by atoms with Crippen molar-refractivity contribution in [3.8, 4) is 5.75 Å². The number of carbonyl (C=O) groups is 1. The highest BCUT2D eigenvalue weighted by molar-refractivity contribution is 7.92. The molecule has 6 nitrogen and oxygen atoms in total. The summed E-state index contributed by atoms with van der Waals surface area (Å²) in [6.07, 6.45) is 0.628. The summed E-state index contributed by atoms with van der Waals surface area (Å²) in [6, 6.07) is 20.9. The van der Waals surface area contributed by atoms with Crippen molar-refractivity contribution in [2.75, 3.05) is 24.0 Å². The molecule has 0 spiro atoms. The second-order valence-electron chi connectivity index (χ2n) is 7.44. The van der Waals surface area contributed by atoms with Gasteiger partial charge in [-0.25, -0.2) is 8.42 Å². The minimum absolute atomic E-state index is 0.133. The average Bonchev–Trinajstić information content (AvgIpc) is 2.81. The lowest BCUT2D eigenvalue weighted by molar-refractivity contribution is -0.119. The number of nitrogens with zero attached hydrogens (tertiary/aromatic N) is 1. The number of benzene rings is 3. The van der Waals surface area contributed by atoms with Crippen molar-refractivity contribution in [2.45, 2.75) is 25.2 Å². The van der Waals surface area contributed by atoms with E-state index in [0.717, 1.165) is 11.1 Å². The Morgan fingerprint density at radius 2 is 1.67 bits per heavy atom. The number of sulfonamides is 1. The minimum atomic E-state index is -3.95. The molecule has 3 aromatic carbocycles. The van der Waals surface area contributed by atoms with E-state index in [0.29, 0.717) is 22.9 Å². The van der Waals surface area contributed by atoms with Crippen LogP contribution in [0.4, 0.5) is 5.69 Å². The van der Waals surface area contributed by atoms with Crippen LogP contribution in [0.3, 0.4) is 0 Å². The van der Waals surface area contributed by atoms with Crippen molar-refractivity contribution in [3.63, 3.8) is 0 Å². The fourth-order valence-electron chi connectivity index (χ4n) is 3.29. The lowest BCUT2D eigenvalue weighted by atomic mass is 10.1. The zero-order valence-electron chi connectivity index (χ0n) is 18.6. The van der Waals surface area contributed by atoms with Crippen LogP contribution < -0.4 is 14.4 Å². The van der Waals surface area contributed by atoms with Gasteiger partial charge >= 0.3 is 0 Å². The van der Waals surface area contributed by atoms with Gasteiger partial charge < -0.3 is 10.1 Å². The number of anilines is 1. The zero-order chi connectivity index (χ0) is 23.8. The van der Waals surface area contributed by atoms with Crippen LogP contribution in [0.1, 0.15) is 18.1 Å². The van der Waals surface area contributed by atoms with Gasteiger partial charge in [0, 0.05) is 0 Å². The summed E-state index contributed by atoms with van der Waals surface area (Å²) in [5.74, 6) is 0.0909. The molecule has 0 heterocycles. The van der Waals surface area contributed by atoms with Gasteiger partial charge in [-0.05, 0) is 49.2 Å². The predicted octanol–water partition coefficient (Wildman–Crippen LogP) is 4.60. The van der Waals surface area contributed by atoms with Gasteiger partial charge in [0.25, 0.3) is 10.0 Å². The summed E-state index contributed by atoms with van der Waals surface area (Å²) in [4.78, 5) is 12.9. The number of para-hydroxylation sites is 2. The molecule has 0 saturated carbocycles. The van der Waals surface area contributed by atoms with Crippen LogP contribution in [0.2, 0.25) is 5.02 Å². The van der Waals surface area contributed by atoms with Crippen molar-refractivity contribution in [1.82, 2.24) is 5.32 Å². The smallest absolute Gasteiger partial charge is 0.264 e. The van der Waals surface area contributed by atoms with Gasteiger partial charge in [-0.3, -0.25) is 9.10 Å². The predicted molar refractivity (Wildman–Crippen MR) is 131 cm³/mol. The lowest BCUT2D eigenvalue weighted by Crippen LogP contribution is -2.42. The topological polar surface area (TPSA) is 75.7 Å². The number of halogens is 1. The molecule has 0 unspecified atom stereocenters. The van der Waals surface area contributed by atoms with E-state index in [4.69, 9.17) is 16.3 Å². The van der Waals surface area contributed by atoms with Crippen molar-refractivity contribution in [1.29, 1.82) is 0 Å². The number of aryl methyl sites for hydroxylation is 2. The highest BCUT2D eigenvalue weighted by atomic mass is 35.5. The van der Waals surface area contributed by atoms with Crippen LogP contribution in [0.5, 0.6) is 5.75 Å². The second-order valence-corrected chi connectivity index (χ2v) is 9.71. The summed E-state index contributed by atoms with van der Waals surface area (Å²) >= 11 is 6.06. The van der Waals surface area contributed by atoms with Crippen molar-refractivity contribution in [2.24, 2.45) is 0 Å². The summed E-state index contributed by atoms with van der Waals surface area (Å²) in [7, 11) is -3.95. The first-order valence-electron chi connectivity index (χ1n) is 10.6.